The fourth-order valence-corrected chi connectivity index (χ4v) is 4.64. The molecular weight excluding hydrogens is 398 g/mol. The van der Waals surface area contributed by atoms with Gasteiger partial charge < -0.3 is 9.64 Å². The molecule has 0 aromatic carbocycles. The van der Waals surface area contributed by atoms with E-state index in [0.29, 0.717) is 13.0 Å². The van der Waals surface area contributed by atoms with Crippen molar-refractivity contribution < 1.29 is 14.3 Å². The van der Waals surface area contributed by atoms with Crippen molar-refractivity contribution in [2.24, 2.45) is 0 Å². The molecule has 1 rings (SSSR count). The third kappa shape index (κ3) is 14.0. The first-order valence-electron chi connectivity index (χ1n) is 13.7. The van der Waals surface area contributed by atoms with Gasteiger partial charge in [0.1, 0.15) is 6.04 Å². The van der Waals surface area contributed by atoms with Crippen LogP contribution in [0.15, 0.2) is 12.2 Å². The number of nitrogens with zero attached hydrogens (tertiary/aromatic N) is 1. The summed E-state index contributed by atoms with van der Waals surface area (Å²) in [6.07, 6.45) is 29.1. The highest BCUT2D eigenvalue weighted by molar-refractivity contribution is 5.85. The topological polar surface area (TPSA) is 46.6 Å². The summed E-state index contributed by atoms with van der Waals surface area (Å²) >= 11 is 0. The van der Waals surface area contributed by atoms with Crippen molar-refractivity contribution in [1.29, 1.82) is 0 Å². The van der Waals surface area contributed by atoms with Crippen LogP contribution in [0.4, 0.5) is 0 Å². The molecule has 1 fully saturated rings. The number of hydrogen-bond donors (Lipinski definition) is 0. The molecule has 4 heteroatoms. The fraction of sp³-hybridized carbons (Fsp3) is 0.857. The lowest BCUT2D eigenvalue weighted by Crippen LogP contribution is -2.40. The fourth-order valence-electron chi connectivity index (χ4n) is 4.64. The highest BCUT2D eigenvalue weighted by Crippen LogP contribution is 2.20. The van der Waals surface area contributed by atoms with Gasteiger partial charge in [0.15, 0.2) is 0 Å². The maximum absolute atomic E-state index is 12.4. The van der Waals surface area contributed by atoms with E-state index in [0.717, 1.165) is 25.7 Å². The van der Waals surface area contributed by atoms with Gasteiger partial charge in [-0.05, 0) is 44.9 Å². The summed E-state index contributed by atoms with van der Waals surface area (Å²) in [6, 6.07) is -0.344. The smallest absolute Gasteiger partial charge is 0.328 e. The van der Waals surface area contributed by atoms with E-state index in [2.05, 4.69) is 19.1 Å². The molecule has 1 heterocycles. The number of esters is 1. The molecule has 0 aliphatic carbocycles. The number of methoxy groups -OCH3 is 1. The van der Waals surface area contributed by atoms with Crippen LogP contribution in [-0.4, -0.2) is 36.5 Å². The monoisotopic (exact) mass is 449 g/mol. The molecule has 1 aliphatic heterocycles. The Bertz CT molecular complexity index is 503. The normalized spacial score (nSPS) is 16.2. The van der Waals surface area contributed by atoms with E-state index in [1.807, 2.05) is 0 Å². The molecule has 0 aromatic heterocycles. The van der Waals surface area contributed by atoms with E-state index in [1.54, 1.807) is 4.90 Å². The Morgan fingerprint density at radius 1 is 0.781 bits per heavy atom. The first kappa shape index (κ1) is 28.7. The number of unbranched alkanes of at least 4 members (excludes halogenated alkanes) is 15. The minimum atomic E-state index is -0.344. The number of allylic oxidation sites excluding steroid dienone is 2. The van der Waals surface area contributed by atoms with Gasteiger partial charge in [0, 0.05) is 13.0 Å². The Labute approximate surface area is 198 Å². The van der Waals surface area contributed by atoms with Crippen LogP contribution in [0.2, 0.25) is 0 Å². The standard InChI is InChI=1S/C28H51NO3/c1-3-4-5-6-7-8-9-10-11-12-13-14-15-16-17-18-19-20-21-24-27(30)29-25-22-23-26(29)28(31)32-2/h10-11,26H,3-9,12-25H2,1-2H3/b11-10-. The minimum Gasteiger partial charge on any atom is -0.467 e. The summed E-state index contributed by atoms with van der Waals surface area (Å²) in [7, 11) is 1.40. The molecule has 186 valence electrons. The van der Waals surface area contributed by atoms with Crippen LogP contribution in [-0.2, 0) is 14.3 Å². The highest BCUT2D eigenvalue weighted by Gasteiger charge is 2.34. The van der Waals surface area contributed by atoms with Crippen LogP contribution in [0, 0.1) is 0 Å². The van der Waals surface area contributed by atoms with Gasteiger partial charge in [0.05, 0.1) is 7.11 Å². The van der Waals surface area contributed by atoms with Gasteiger partial charge in [-0.1, -0.05) is 96.1 Å². The van der Waals surface area contributed by atoms with Gasteiger partial charge in [0.25, 0.3) is 0 Å². The van der Waals surface area contributed by atoms with E-state index in [-0.39, 0.29) is 17.9 Å². The largest absolute Gasteiger partial charge is 0.467 e. The van der Waals surface area contributed by atoms with Crippen LogP contribution in [0.3, 0.4) is 0 Å². The van der Waals surface area contributed by atoms with Crippen molar-refractivity contribution in [2.45, 2.75) is 141 Å². The predicted octanol–water partition coefficient (Wildman–Crippen LogP) is 7.75. The van der Waals surface area contributed by atoms with Gasteiger partial charge in [-0.25, -0.2) is 4.79 Å². The Balaban J connectivity index is 1.84. The average molecular weight is 450 g/mol. The Kier molecular flexibility index (Phi) is 18.2. The zero-order valence-electron chi connectivity index (χ0n) is 21.3. The van der Waals surface area contributed by atoms with Crippen LogP contribution in [0.25, 0.3) is 0 Å². The number of amides is 1. The quantitative estimate of drug-likeness (QED) is 0.108. The molecule has 1 unspecified atom stereocenters. The zero-order chi connectivity index (χ0) is 23.3. The third-order valence-electron chi connectivity index (χ3n) is 6.70. The van der Waals surface area contributed by atoms with Gasteiger partial charge in [-0.15, -0.1) is 0 Å². The van der Waals surface area contributed by atoms with E-state index < -0.39 is 0 Å². The average Bonchev–Trinajstić information content (AvgIpc) is 3.30. The molecule has 32 heavy (non-hydrogen) atoms. The lowest BCUT2D eigenvalue weighted by Gasteiger charge is -2.22. The van der Waals surface area contributed by atoms with Crippen molar-refractivity contribution in [1.82, 2.24) is 4.90 Å². The molecule has 0 N–H and O–H groups in total. The Morgan fingerprint density at radius 2 is 1.28 bits per heavy atom. The van der Waals surface area contributed by atoms with E-state index in [4.69, 9.17) is 4.74 Å². The molecule has 1 saturated heterocycles. The zero-order valence-corrected chi connectivity index (χ0v) is 21.3. The summed E-state index contributed by atoms with van der Waals surface area (Å²) in [4.78, 5) is 25.9. The highest BCUT2D eigenvalue weighted by atomic mass is 16.5. The van der Waals surface area contributed by atoms with Crippen LogP contribution in [0.1, 0.15) is 135 Å². The lowest BCUT2D eigenvalue weighted by atomic mass is 10.0. The summed E-state index contributed by atoms with van der Waals surface area (Å²) in [5.41, 5.74) is 0. The number of carbonyl (C=O) groups excluding carboxylic acids is 2. The van der Waals surface area contributed by atoms with Crippen LogP contribution >= 0.6 is 0 Å². The third-order valence-corrected chi connectivity index (χ3v) is 6.70. The van der Waals surface area contributed by atoms with Crippen LogP contribution < -0.4 is 0 Å². The predicted molar refractivity (Wildman–Crippen MR) is 135 cm³/mol. The molecular formula is C28H51NO3. The molecule has 4 nitrogen and oxygen atoms in total. The van der Waals surface area contributed by atoms with Gasteiger partial charge in [0.2, 0.25) is 5.91 Å². The SMILES string of the molecule is CCCCCCCC/C=C\CCCCCCCCCCCC(=O)N1CCCC1C(=O)OC. The van der Waals surface area contributed by atoms with E-state index in [9.17, 15) is 9.59 Å². The van der Waals surface area contributed by atoms with Crippen molar-refractivity contribution in [3.05, 3.63) is 12.2 Å². The van der Waals surface area contributed by atoms with Crippen molar-refractivity contribution in [2.75, 3.05) is 13.7 Å². The number of rotatable bonds is 20. The summed E-state index contributed by atoms with van der Waals surface area (Å²) < 4.78 is 4.82. The molecule has 0 aromatic rings. The first-order chi connectivity index (χ1) is 15.7. The maximum atomic E-state index is 12.4. The second-order valence-electron chi connectivity index (χ2n) is 9.52. The molecule has 0 radical (unpaired) electrons. The Hall–Kier alpha value is -1.32. The van der Waals surface area contributed by atoms with Crippen LogP contribution in [0.5, 0.6) is 0 Å². The number of hydrogen-bond acceptors (Lipinski definition) is 3. The summed E-state index contributed by atoms with van der Waals surface area (Å²) in [5, 5.41) is 0. The second kappa shape index (κ2) is 20.3. The van der Waals surface area contributed by atoms with Gasteiger partial charge >= 0.3 is 5.97 Å². The lowest BCUT2D eigenvalue weighted by molar-refractivity contribution is -0.151. The minimum absolute atomic E-state index is 0.124. The first-order valence-corrected chi connectivity index (χ1v) is 13.7. The van der Waals surface area contributed by atoms with Crippen molar-refractivity contribution >= 4 is 11.9 Å². The Morgan fingerprint density at radius 3 is 1.81 bits per heavy atom. The molecule has 1 amide bonds. The van der Waals surface area contributed by atoms with Gasteiger partial charge in [-0.3, -0.25) is 4.79 Å². The molecule has 0 spiro atoms. The van der Waals surface area contributed by atoms with Gasteiger partial charge in [-0.2, -0.15) is 0 Å². The molecule has 1 atom stereocenters. The molecule has 1 aliphatic rings. The van der Waals surface area contributed by atoms with E-state index >= 15 is 0 Å². The van der Waals surface area contributed by atoms with E-state index in [1.165, 1.54) is 103 Å². The number of likely N-dealkylation sites (tertiary alicyclic amines) is 1. The molecule has 0 bridgehead atoms. The maximum Gasteiger partial charge on any atom is 0.328 e. The second-order valence-corrected chi connectivity index (χ2v) is 9.52. The summed E-state index contributed by atoms with van der Waals surface area (Å²) in [5.74, 6) is -0.140. The number of carbonyl (C=O) groups is 2. The summed E-state index contributed by atoms with van der Waals surface area (Å²) in [6.45, 7) is 2.98. The van der Waals surface area contributed by atoms with Crippen molar-refractivity contribution in [3.8, 4) is 0 Å². The molecule has 0 saturated carbocycles. The van der Waals surface area contributed by atoms with Crippen molar-refractivity contribution in [3.63, 3.8) is 0 Å². The number of ether oxygens (including phenoxy) is 1.